The van der Waals surface area contributed by atoms with Crippen LogP contribution in [0.5, 0.6) is 5.75 Å². The smallest absolute Gasteiger partial charge is 0.143 e. The van der Waals surface area contributed by atoms with E-state index in [4.69, 9.17) is 10.5 Å². The number of alkyl halides is 1. The molecule has 0 aromatic heterocycles. The number of benzene rings is 2. The number of aryl methyl sites for hydroxylation is 1. The normalized spacial score (nSPS) is 19.2. The highest BCUT2D eigenvalue weighted by molar-refractivity contribution is 5.74. The topological polar surface area (TPSA) is 70.8 Å². The van der Waals surface area contributed by atoms with Crippen molar-refractivity contribution in [1.29, 1.82) is 0 Å². The highest BCUT2D eigenvalue weighted by Crippen LogP contribution is 2.36. The standard InChI is InChI=1S/C21H26FN3O2/c1-14-4-6-18-15(10-14)8-9-21(23,24-18)16-5-7-19(25(2)3)20(11-16)27-13-17(26)12-22/h4-11,17,24,26H,12-13,23H2,1-3H3. The molecule has 0 spiro atoms. The Kier molecular flexibility index (Phi) is 5.39. The van der Waals surface area contributed by atoms with Crippen molar-refractivity contribution in [3.8, 4) is 5.75 Å². The van der Waals surface area contributed by atoms with Gasteiger partial charge in [0.25, 0.3) is 0 Å². The van der Waals surface area contributed by atoms with Crippen molar-refractivity contribution in [2.24, 2.45) is 5.73 Å². The van der Waals surface area contributed by atoms with Crippen molar-refractivity contribution in [2.75, 3.05) is 37.6 Å². The van der Waals surface area contributed by atoms with Gasteiger partial charge in [-0.05, 0) is 48.4 Å². The van der Waals surface area contributed by atoms with Crippen LogP contribution in [0.3, 0.4) is 0 Å². The minimum Gasteiger partial charge on any atom is -0.489 e. The van der Waals surface area contributed by atoms with Gasteiger partial charge < -0.3 is 25.8 Å². The highest BCUT2D eigenvalue weighted by Gasteiger charge is 2.29. The zero-order chi connectivity index (χ0) is 19.6. The summed E-state index contributed by atoms with van der Waals surface area (Å²) in [5.41, 5.74) is 10.6. The van der Waals surface area contributed by atoms with Gasteiger partial charge in [0.2, 0.25) is 0 Å². The summed E-state index contributed by atoms with van der Waals surface area (Å²) in [6, 6.07) is 11.8. The molecule has 0 aliphatic carbocycles. The maximum absolute atomic E-state index is 12.6. The van der Waals surface area contributed by atoms with Crippen molar-refractivity contribution in [2.45, 2.75) is 18.7 Å². The Morgan fingerprint density at radius 2 is 2.04 bits per heavy atom. The number of nitrogens with zero attached hydrogens (tertiary/aromatic N) is 1. The van der Waals surface area contributed by atoms with Crippen LogP contribution in [0.4, 0.5) is 15.8 Å². The summed E-state index contributed by atoms with van der Waals surface area (Å²) < 4.78 is 18.2. The molecule has 1 heterocycles. The van der Waals surface area contributed by atoms with E-state index < -0.39 is 18.4 Å². The lowest BCUT2D eigenvalue weighted by Gasteiger charge is -2.34. The van der Waals surface area contributed by atoms with Gasteiger partial charge in [0.05, 0.1) is 5.69 Å². The molecule has 0 saturated heterocycles. The predicted octanol–water partition coefficient (Wildman–Crippen LogP) is 3.02. The first-order valence-corrected chi connectivity index (χ1v) is 8.88. The third-order valence-corrected chi connectivity index (χ3v) is 4.60. The van der Waals surface area contributed by atoms with E-state index in [2.05, 4.69) is 11.4 Å². The van der Waals surface area contributed by atoms with Crippen molar-refractivity contribution < 1.29 is 14.2 Å². The molecule has 2 aromatic rings. The van der Waals surface area contributed by atoms with E-state index in [1.807, 2.05) is 68.4 Å². The number of halogens is 1. The minimum atomic E-state index is -1.15. The van der Waals surface area contributed by atoms with Crippen molar-refractivity contribution in [3.63, 3.8) is 0 Å². The number of nitrogens with one attached hydrogen (secondary N) is 1. The van der Waals surface area contributed by atoms with Gasteiger partial charge in [0.1, 0.15) is 30.8 Å². The lowest BCUT2D eigenvalue weighted by Crippen LogP contribution is -2.44. The lowest BCUT2D eigenvalue weighted by atomic mass is 9.93. The number of fused-ring (bicyclic) bond motifs is 1. The first-order chi connectivity index (χ1) is 12.8. The van der Waals surface area contributed by atoms with Gasteiger partial charge in [0, 0.05) is 19.8 Å². The number of nitrogens with two attached hydrogens (primary N) is 1. The van der Waals surface area contributed by atoms with Gasteiger partial charge in [-0.1, -0.05) is 23.8 Å². The van der Waals surface area contributed by atoms with Crippen LogP contribution in [0.2, 0.25) is 0 Å². The monoisotopic (exact) mass is 371 g/mol. The van der Waals surface area contributed by atoms with Crippen LogP contribution in [-0.2, 0) is 5.66 Å². The van der Waals surface area contributed by atoms with Crippen molar-refractivity contribution in [3.05, 3.63) is 59.2 Å². The summed E-state index contributed by atoms with van der Waals surface area (Å²) in [6.45, 7) is 1.08. The quantitative estimate of drug-likeness (QED) is 0.728. The van der Waals surface area contributed by atoms with Crippen molar-refractivity contribution >= 4 is 17.5 Å². The number of ether oxygens (including phenoxy) is 1. The molecular formula is C21H26FN3O2. The summed E-state index contributed by atoms with van der Waals surface area (Å²) in [5.74, 6) is 0.541. The molecular weight excluding hydrogens is 345 g/mol. The fourth-order valence-corrected chi connectivity index (χ4v) is 3.08. The highest BCUT2D eigenvalue weighted by atomic mass is 19.1. The summed E-state index contributed by atoms with van der Waals surface area (Å²) >= 11 is 0. The molecule has 6 heteroatoms. The molecule has 4 N–H and O–H groups in total. The van der Waals surface area contributed by atoms with E-state index >= 15 is 0 Å². The molecule has 1 aliphatic heterocycles. The molecule has 0 bridgehead atoms. The van der Waals surface area contributed by atoms with Gasteiger partial charge in [0.15, 0.2) is 0 Å². The van der Waals surface area contributed by atoms with Crippen LogP contribution in [0, 0.1) is 6.92 Å². The molecule has 0 radical (unpaired) electrons. The van der Waals surface area contributed by atoms with E-state index in [-0.39, 0.29) is 6.61 Å². The predicted molar refractivity (Wildman–Crippen MR) is 108 cm³/mol. The van der Waals surface area contributed by atoms with Crippen LogP contribution in [-0.4, -0.2) is 38.6 Å². The average molecular weight is 371 g/mol. The fraction of sp³-hybridized carbons (Fsp3) is 0.333. The first kappa shape index (κ1) is 19.2. The summed E-state index contributed by atoms with van der Waals surface area (Å²) in [7, 11) is 3.78. The maximum atomic E-state index is 12.6. The number of hydrogen-bond acceptors (Lipinski definition) is 5. The minimum absolute atomic E-state index is 0.121. The van der Waals surface area contributed by atoms with E-state index in [0.717, 1.165) is 22.5 Å². The second-order valence-corrected chi connectivity index (χ2v) is 7.11. The molecule has 0 amide bonds. The zero-order valence-electron chi connectivity index (χ0n) is 15.9. The fourth-order valence-electron chi connectivity index (χ4n) is 3.08. The van der Waals surface area contributed by atoms with Gasteiger partial charge in [-0.3, -0.25) is 0 Å². The number of anilines is 2. The molecule has 3 rings (SSSR count). The van der Waals surface area contributed by atoms with Crippen LogP contribution in [0.15, 0.2) is 42.5 Å². The van der Waals surface area contributed by atoms with Gasteiger partial charge >= 0.3 is 0 Å². The van der Waals surface area contributed by atoms with Gasteiger partial charge in [-0.15, -0.1) is 0 Å². The van der Waals surface area contributed by atoms with Gasteiger partial charge in [-0.2, -0.15) is 0 Å². The molecule has 2 unspecified atom stereocenters. The van der Waals surface area contributed by atoms with E-state index in [1.54, 1.807) is 0 Å². The Morgan fingerprint density at radius 3 is 2.74 bits per heavy atom. The summed E-state index contributed by atoms with van der Waals surface area (Å²) in [6.07, 6.45) is 2.77. The van der Waals surface area contributed by atoms with Crippen molar-refractivity contribution in [1.82, 2.24) is 0 Å². The van der Waals surface area contributed by atoms with Crippen LogP contribution in [0.1, 0.15) is 16.7 Å². The maximum Gasteiger partial charge on any atom is 0.143 e. The second-order valence-electron chi connectivity index (χ2n) is 7.11. The number of rotatable bonds is 6. The van der Waals surface area contributed by atoms with E-state index in [0.29, 0.717) is 5.75 Å². The van der Waals surface area contributed by atoms with E-state index in [1.165, 1.54) is 5.56 Å². The SMILES string of the molecule is Cc1ccc2c(c1)C=CC(N)(c1ccc(N(C)C)c(OCC(O)CF)c1)N2. The Labute approximate surface area is 159 Å². The zero-order valence-corrected chi connectivity index (χ0v) is 15.9. The molecule has 5 nitrogen and oxygen atoms in total. The Balaban J connectivity index is 1.93. The average Bonchev–Trinajstić information content (AvgIpc) is 2.66. The number of hydrogen-bond donors (Lipinski definition) is 3. The Bertz CT molecular complexity index is 853. The first-order valence-electron chi connectivity index (χ1n) is 8.88. The van der Waals surface area contributed by atoms with Gasteiger partial charge in [-0.25, -0.2) is 4.39 Å². The molecule has 0 saturated carbocycles. The van der Waals surface area contributed by atoms with Crippen LogP contribution >= 0.6 is 0 Å². The summed E-state index contributed by atoms with van der Waals surface area (Å²) in [4.78, 5) is 1.90. The second kappa shape index (κ2) is 7.58. The largest absolute Gasteiger partial charge is 0.489 e. The van der Waals surface area contributed by atoms with Crippen LogP contribution < -0.4 is 20.7 Å². The third-order valence-electron chi connectivity index (χ3n) is 4.60. The Morgan fingerprint density at radius 1 is 1.26 bits per heavy atom. The third kappa shape index (κ3) is 4.07. The number of aliphatic hydroxyl groups is 1. The Hall–Kier alpha value is -2.57. The molecule has 2 aromatic carbocycles. The molecule has 27 heavy (non-hydrogen) atoms. The lowest BCUT2D eigenvalue weighted by molar-refractivity contribution is 0.0843. The number of aliphatic hydroxyl groups excluding tert-OH is 1. The van der Waals surface area contributed by atoms with Crippen LogP contribution in [0.25, 0.3) is 6.08 Å². The molecule has 1 aliphatic rings. The van der Waals surface area contributed by atoms with E-state index in [9.17, 15) is 9.50 Å². The molecule has 144 valence electrons. The molecule has 2 atom stereocenters. The summed E-state index contributed by atoms with van der Waals surface area (Å²) in [5, 5.41) is 12.9. The molecule has 0 fully saturated rings.